The van der Waals surface area contributed by atoms with Crippen molar-refractivity contribution in [2.75, 3.05) is 31.1 Å². The number of pyridine rings is 1. The first kappa shape index (κ1) is 21.0. The zero-order valence-electron chi connectivity index (χ0n) is 15.5. The molecule has 6 heteroatoms. The second kappa shape index (κ2) is 10.7. The van der Waals surface area contributed by atoms with Crippen LogP contribution in [0.5, 0.6) is 0 Å². The monoisotopic (exact) mass is 431 g/mol. The van der Waals surface area contributed by atoms with Crippen LogP contribution >= 0.6 is 35.8 Å². The van der Waals surface area contributed by atoms with Crippen molar-refractivity contribution in [3.05, 3.63) is 88.7 Å². The third kappa shape index (κ3) is 6.42. The van der Waals surface area contributed by atoms with Crippen LogP contribution in [0.1, 0.15) is 5.56 Å². The number of thiol groups is 1. The number of rotatable bonds is 3. The van der Waals surface area contributed by atoms with E-state index >= 15 is 0 Å². The van der Waals surface area contributed by atoms with E-state index in [4.69, 9.17) is 23.2 Å². The van der Waals surface area contributed by atoms with Gasteiger partial charge in [0.05, 0.1) is 5.69 Å². The Labute approximate surface area is 182 Å². The predicted octanol–water partition coefficient (Wildman–Crippen LogP) is 5.69. The van der Waals surface area contributed by atoms with E-state index in [9.17, 15) is 0 Å². The van der Waals surface area contributed by atoms with Gasteiger partial charge in [0.2, 0.25) is 0 Å². The normalized spacial score (nSPS) is 14.3. The number of anilines is 1. The molecule has 0 aliphatic carbocycles. The molecule has 0 saturated carbocycles. The van der Waals surface area contributed by atoms with Crippen molar-refractivity contribution in [3.8, 4) is 0 Å². The maximum absolute atomic E-state index is 5.99. The molecule has 1 fully saturated rings. The lowest BCUT2D eigenvalue weighted by Gasteiger charge is -2.36. The molecule has 2 aromatic carbocycles. The van der Waals surface area contributed by atoms with Crippen LogP contribution < -0.4 is 4.90 Å². The molecule has 1 aliphatic heterocycles. The van der Waals surface area contributed by atoms with Crippen LogP contribution in [0, 0.1) is 0 Å². The smallest absolute Gasteiger partial charge is 0.0503 e. The van der Waals surface area contributed by atoms with E-state index in [1.165, 1.54) is 11.3 Å². The molecule has 0 amide bonds. The van der Waals surface area contributed by atoms with Crippen molar-refractivity contribution >= 4 is 41.5 Å². The van der Waals surface area contributed by atoms with E-state index in [0.29, 0.717) is 0 Å². The Morgan fingerprint density at radius 1 is 0.821 bits per heavy atom. The fraction of sp³-hybridized carbons (Fsp3) is 0.227. The minimum atomic E-state index is 0.736. The zero-order valence-corrected chi connectivity index (χ0v) is 17.9. The average Bonchev–Trinajstić information content (AvgIpc) is 2.71. The number of hydrogen-bond donors (Lipinski definition) is 1. The summed E-state index contributed by atoms with van der Waals surface area (Å²) in [6.45, 7) is 5.13. The summed E-state index contributed by atoms with van der Waals surface area (Å²) in [5, 5.41) is 1.53. The van der Waals surface area contributed by atoms with Gasteiger partial charge in [-0.2, -0.15) is 0 Å². The average molecular weight is 432 g/mol. The number of nitrogens with zero attached hydrogens (tertiary/aromatic N) is 3. The molecule has 1 aromatic heterocycles. The van der Waals surface area contributed by atoms with Crippen LogP contribution in [0.3, 0.4) is 0 Å². The van der Waals surface area contributed by atoms with Crippen molar-refractivity contribution in [3.63, 3.8) is 0 Å². The molecule has 28 heavy (non-hydrogen) atoms. The molecule has 0 unspecified atom stereocenters. The van der Waals surface area contributed by atoms with Gasteiger partial charge in [-0.15, -0.1) is 12.6 Å². The minimum Gasteiger partial charge on any atom is -0.368 e. The fourth-order valence-electron chi connectivity index (χ4n) is 3.07. The van der Waals surface area contributed by atoms with Gasteiger partial charge in [0.25, 0.3) is 0 Å². The zero-order chi connectivity index (χ0) is 19.8. The summed E-state index contributed by atoms with van der Waals surface area (Å²) in [4.78, 5) is 9.86. The summed E-state index contributed by atoms with van der Waals surface area (Å²) in [7, 11) is 0. The maximum atomic E-state index is 5.99. The lowest BCUT2D eigenvalue weighted by atomic mass is 10.2. The highest BCUT2D eigenvalue weighted by Crippen LogP contribution is 2.28. The van der Waals surface area contributed by atoms with E-state index in [0.717, 1.165) is 47.7 Å². The van der Waals surface area contributed by atoms with Crippen molar-refractivity contribution in [1.29, 1.82) is 0 Å². The Kier molecular flexibility index (Phi) is 8.04. The third-order valence-corrected chi connectivity index (χ3v) is 5.38. The molecular weight excluding hydrogens is 409 g/mol. The molecule has 3 nitrogen and oxygen atoms in total. The molecule has 146 valence electrons. The summed E-state index contributed by atoms with van der Waals surface area (Å²) in [5.74, 6) is 0. The van der Waals surface area contributed by atoms with Gasteiger partial charge in [0.1, 0.15) is 0 Å². The Bertz CT molecular complexity index is 854. The molecule has 1 saturated heterocycles. The van der Waals surface area contributed by atoms with Crippen molar-refractivity contribution < 1.29 is 0 Å². The van der Waals surface area contributed by atoms with Gasteiger partial charge in [0.15, 0.2) is 0 Å². The molecular formula is C22H23Cl2N3S. The van der Waals surface area contributed by atoms with Crippen LogP contribution in [0.2, 0.25) is 10.0 Å². The maximum Gasteiger partial charge on any atom is 0.0503 e. The van der Waals surface area contributed by atoms with E-state index < -0.39 is 0 Å². The van der Waals surface area contributed by atoms with Crippen LogP contribution in [0.15, 0.2) is 78.0 Å². The quantitative estimate of drug-likeness (QED) is 0.537. The van der Waals surface area contributed by atoms with Crippen LogP contribution in [-0.2, 0) is 6.54 Å². The number of hydrogen-bond acceptors (Lipinski definition) is 4. The standard InChI is InChI=1S/C16H18ClN3S.C6H5Cl/c17-14-1-2-15(16(21)11-14)20-9-7-19(8-10-20)12-13-3-5-18-6-4-13;7-6-4-2-1-3-5-6/h1-6,11,21H,7-10,12H2;1-5H. The first-order valence-corrected chi connectivity index (χ1v) is 10.4. The summed E-state index contributed by atoms with van der Waals surface area (Å²) < 4.78 is 0. The van der Waals surface area contributed by atoms with Crippen LogP contribution in [0.4, 0.5) is 5.69 Å². The largest absolute Gasteiger partial charge is 0.368 e. The van der Waals surface area contributed by atoms with E-state index in [1.807, 2.05) is 54.9 Å². The predicted molar refractivity (Wildman–Crippen MR) is 122 cm³/mol. The second-order valence-electron chi connectivity index (χ2n) is 6.55. The van der Waals surface area contributed by atoms with Gasteiger partial charge >= 0.3 is 0 Å². The first-order chi connectivity index (χ1) is 13.6. The Balaban J connectivity index is 0.000000271. The van der Waals surface area contributed by atoms with Gasteiger partial charge in [0, 0.05) is 60.1 Å². The molecule has 0 bridgehead atoms. The number of halogens is 2. The summed E-state index contributed by atoms with van der Waals surface area (Å²) in [6.07, 6.45) is 3.71. The third-order valence-electron chi connectivity index (χ3n) is 4.54. The lowest BCUT2D eigenvalue weighted by Crippen LogP contribution is -2.46. The molecule has 3 aromatic rings. The molecule has 0 N–H and O–H groups in total. The van der Waals surface area contributed by atoms with Gasteiger partial charge in [-0.1, -0.05) is 41.4 Å². The van der Waals surface area contributed by atoms with Gasteiger partial charge in [-0.05, 0) is 48.0 Å². The Hall–Kier alpha value is -1.72. The highest BCUT2D eigenvalue weighted by molar-refractivity contribution is 7.80. The van der Waals surface area contributed by atoms with Gasteiger partial charge < -0.3 is 4.90 Å². The molecule has 1 aliphatic rings. The summed E-state index contributed by atoms with van der Waals surface area (Å²) >= 11 is 16.1. The first-order valence-electron chi connectivity index (χ1n) is 9.17. The van der Waals surface area contributed by atoms with Crippen molar-refractivity contribution in [2.24, 2.45) is 0 Å². The SMILES string of the molecule is Clc1ccccc1.Sc1cc(Cl)ccc1N1CCN(Cc2ccncc2)CC1. The molecule has 0 atom stereocenters. The van der Waals surface area contributed by atoms with Crippen molar-refractivity contribution in [2.45, 2.75) is 11.4 Å². The van der Waals surface area contributed by atoms with Gasteiger partial charge in [-0.3, -0.25) is 9.88 Å². The highest BCUT2D eigenvalue weighted by atomic mass is 35.5. The molecule has 0 spiro atoms. The van der Waals surface area contributed by atoms with Gasteiger partial charge in [-0.25, -0.2) is 0 Å². The van der Waals surface area contributed by atoms with E-state index in [2.05, 4.69) is 45.6 Å². The lowest BCUT2D eigenvalue weighted by molar-refractivity contribution is 0.249. The molecule has 4 rings (SSSR count). The number of piperazine rings is 1. The summed E-state index contributed by atoms with van der Waals surface area (Å²) in [6, 6.07) is 19.5. The summed E-state index contributed by atoms with van der Waals surface area (Å²) in [5.41, 5.74) is 2.49. The number of aromatic nitrogens is 1. The topological polar surface area (TPSA) is 19.4 Å². The van der Waals surface area contributed by atoms with Crippen LogP contribution in [-0.4, -0.2) is 36.1 Å². The molecule has 0 radical (unpaired) electrons. The van der Waals surface area contributed by atoms with Crippen molar-refractivity contribution in [1.82, 2.24) is 9.88 Å². The van der Waals surface area contributed by atoms with E-state index in [-0.39, 0.29) is 0 Å². The Morgan fingerprint density at radius 2 is 1.50 bits per heavy atom. The molecule has 2 heterocycles. The fourth-order valence-corrected chi connectivity index (χ4v) is 3.82. The highest BCUT2D eigenvalue weighted by Gasteiger charge is 2.18. The van der Waals surface area contributed by atoms with E-state index in [1.54, 1.807) is 0 Å². The number of benzene rings is 2. The minimum absolute atomic E-state index is 0.736. The Morgan fingerprint density at radius 3 is 2.07 bits per heavy atom. The van der Waals surface area contributed by atoms with Crippen LogP contribution in [0.25, 0.3) is 0 Å². The second-order valence-corrected chi connectivity index (χ2v) is 7.90.